The second-order valence-electron chi connectivity index (χ2n) is 3.39. The second-order valence-corrected chi connectivity index (χ2v) is 3.39. The molecule has 0 unspecified atom stereocenters. The molecule has 0 aliphatic carbocycles. The SMILES string of the molecule is O=C1OC(=O)c2c1ccc1ccccc21.[Er]. The van der Waals surface area contributed by atoms with Gasteiger partial charge in [0.1, 0.15) is 0 Å². The summed E-state index contributed by atoms with van der Waals surface area (Å²) in [6.07, 6.45) is 0. The van der Waals surface area contributed by atoms with Crippen LogP contribution in [0.25, 0.3) is 10.8 Å². The maximum absolute atomic E-state index is 11.4. The zero-order valence-electron chi connectivity index (χ0n) is 7.98. The van der Waals surface area contributed by atoms with E-state index in [0.717, 1.165) is 10.8 Å². The largest absolute Gasteiger partial charge is 0.386 e. The van der Waals surface area contributed by atoms with Crippen LogP contribution in [0.1, 0.15) is 20.7 Å². The number of rotatable bonds is 0. The van der Waals surface area contributed by atoms with E-state index in [1.54, 1.807) is 6.07 Å². The molecule has 2 aromatic carbocycles. The molecule has 1 heterocycles. The molecule has 84 valence electrons. The Kier molecular flexibility index (Phi) is 3.01. The van der Waals surface area contributed by atoms with Gasteiger partial charge >= 0.3 is 11.9 Å². The predicted molar refractivity (Wildman–Crippen MR) is 53.7 cm³/mol. The Morgan fingerprint density at radius 2 is 1.62 bits per heavy atom. The van der Waals surface area contributed by atoms with Crippen molar-refractivity contribution in [3.63, 3.8) is 0 Å². The van der Waals surface area contributed by atoms with E-state index in [0.29, 0.717) is 11.1 Å². The minimum Gasteiger partial charge on any atom is -0.386 e. The van der Waals surface area contributed by atoms with Gasteiger partial charge in [-0.25, -0.2) is 9.59 Å². The molecule has 0 spiro atoms. The van der Waals surface area contributed by atoms with Gasteiger partial charge in [-0.2, -0.15) is 0 Å². The zero-order valence-corrected chi connectivity index (χ0v) is 9.83. The summed E-state index contributed by atoms with van der Waals surface area (Å²) < 4.78 is 4.56. The van der Waals surface area contributed by atoms with Gasteiger partial charge in [0.2, 0.25) is 0 Å². The number of hydrogen-bond acceptors (Lipinski definition) is 3. The number of cyclic esters (lactones) is 2. The Labute approximate surface area is 121 Å². The van der Waals surface area contributed by atoms with E-state index in [1.165, 1.54) is 0 Å². The fourth-order valence-electron chi connectivity index (χ4n) is 1.85. The summed E-state index contributed by atoms with van der Waals surface area (Å²) in [5.74, 6) is -1.10. The van der Waals surface area contributed by atoms with Crippen LogP contribution >= 0.6 is 0 Å². The standard InChI is InChI=1S/C12H6O3.Er/c13-11-9-6-5-7-3-1-2-4-8(7)10(9)12(14)15-11;/h1-6H;. The van der Waals surface area contributed by atoms with Crippen LogP contribution in [0, 0.1) is 37.3 Å². The van der Waals surface area contributed by atoms with E-state index in [4.69, 9.17) is 0 Å². The van der Waals surface area contributed by atoms with Crippen molar-refractivity contribution in [3.8, 4) is 0 Å². The van der Waals surface area contributed by atoms with Gasteiger partial charge in [0.15, 0.2) is 0 Å². The molecule has 0 amide bonds. The van der Waals surface area contributed by atoms with Gasteiger partial charge in [0.25, 0.3) is 0 Å². The van der Waals surface area contributed by atoms with Crippen molar-refractivity contribution in [3.05, 3.63) is 47.5 Å². The summed E-state index contributed by atoms with van der Waals surface area (Å²) in [5.41, 5.74) is 0.747. The molecule has 0 saturated heterocycles. The molecule has 0 fully saturated rings. The fraction of sp³-hybridized carbons (Fsp3) is 0. The van der Waals surface area contributed by atoms with E-state index in [-0.39, 0.29) is 37.3 Å². The molecule has 1 aliphatic rings. The Morgan fingerprint density at radius 1 is 0.875 bits per heavy atom. The van der Waals surface area contributed by atoms with E-state index < -0.39 is 11.9 Å². The van der Waals surface area contributed by atoms with Crippen LogP contribution < -0.4 is 0 Å². The van der Waals surface area contributed by atoms with Crippen LogP contribution in [0.4, 0.5) is 0 Å². The Balaban J connectivity index is 0.000000963. The molecule has 3 rings (SSSR count). The first-order chi connectivity index (χ1) is 7.27. The van der Waals surface area contributed by atoms with Crippen molar-refractivity contribution in [1.29, 1.82) is 0 Å². The number of benzene rings is 2. The summed E-state index contributed by atoms with van der Waals surface area (Å²) in [6, 6.07) is 10.9. The average molecular weight is 365 g/mol. The molecule has 0 radical (unpaired) electrons. The van der Waals surface area contributed by atoms with Gasteiger partial charge in [0.05, 0.1) is 11.1 Å². The summed E-state index contributed by atoms with van der Waals surface area (Å²) in [6.45, 7) is 0. The molecule has 0 N–H and O–H groups in total. The fourth-order valence-corrected chi connectivity index (χ4v) is 1.85. The van der Waals surface area contributed by atoms with Crippen molar-refractivity contribution in [1.82, 2.24) is 0 Å². The zero-order chi connectivity index (χ0) is 10.4. The summed E-state index contributed by atoms with van der Waals surface area (Å²) in [4.78, 5) is 22.7. The molecule has 1 aliphatic heterocycles. The first-order valence-electron chi connectivity index (χ1n) is 4.55. The molecule has 0 atom stereocenters. The van der Waals surface area contributed by atoms with E-state index in [2.05, 4.69) is 4.74 Å². The number of carbonyl (C=O) groups excluding carboxylic acids is 2. The number of ether oxygens (including phenoxy) is 1. The Morgan fingerprint density at radius 3 is 2.44 bits per heavy atom. The number of carbonyl (C=O) groups is 2. The van der Waals surface area contributed by atoms with Gasteiger partial charge in [-0.3, -0.25) is 0 Å². The van der Waals surface area contributed by atoms with Gasteiger partial charge in [-0.15, -0.1) is 0 Å². The molecular formula is C12H6ErO3. The topological polar surface area (TPSA) is 43.4 Å². The molecular weight excluding hydrogens is 359 g/mol. The van der Waals surface area contributed by atoms with Crippen molar-refractivity contribution in [2.75, 3.05) is 0 Å². The number of hydrogen-bond donors (Lipinski definition) is 0. The summed E-state index contributed by atoms with van der Waals surface area (Å²) >= 11 is 0. The van der Waals surface area contributed by atoms with Crippen molar-refractivity contribution in [2.45, 2.75) is 0 Å². The van der Waals surface area contributed by atoms with Gasteiger partial charge in [0, 0.05) is 37.3 Å². The molecule has 16 heavy (non-hydrogen) atoms. The summed E-state index contributed by atoms with van der Waals surface area (Å²) in [5, 5.41) is 1.70. The Bertz CT molecular complexity index is 604. The molecule has 0 saturated carbocycles. The monoisotopic (exact) mass is 364 g/mol. The Hall–Kier alpha value is -0.913. The van der Waals surface area contributed by atoms with Gasteiger partial charge in [-0.05, 0) is 16.8 Å². The van der Waals surface area contributed by atoms with Crippen LogP contribution in [0.15, 0.2) is 36.4 Å². The van der Waals surface area contributed by atoms with Crippen LogP contribution in [0.3, 0.4) is 0 Å². The van der Waals surface area contributed by atoms with Crippen LogP contribution in [0.2, 0.25) is 0 Å². The third-order valence-electron chi connectivity index (χ3n) is 2.54. The maximum atomic E-state index is 11.4. The van der Waals surface area contributed by atoms with Crippen molar-refractivity contribution >= 4 is 22.7 Å². The number of esters is 2. The first kappa shape index (κ1) is 11.6. The molecule has 0 aromatic heterocycles. The van der Waals surface area contributed by atoms with Crippen LogP contribution in [-0.4, -0.2) is 11.9 Å². The minimum atomic E-state index is -0.555. The maximum Gasteiger partial charge on any atom is 0.347 e. The predicted octanol–water partition coefficient (Wildman–Crippen LogP) is 2.15. The number of fused-ring (bicyclic) bond motifs is 3. The quantitative estimate of drug-likeness (QED) is 0.531. The summed E-state index contributed by atoms with van der Waals surface area (Å²) in [7, 11) is 0. The molecule has 0 bridgehead atoms. The smallest absolute Gasteiger partial charge is 0.347 e. The van der Waals surface area contributed by atoms with Crippen LogP contribution in [-0.2, 0) is 4.74 Å². The third kappa shape index (κ3) is 1.55. The van der Waals surface area contributed by atoms with Crippen molar-refractivity contribution < 1.29 is 51.6 Å². The van der Waals surface area contributed by atoms with E-state index in [9.17, 15) is 9.59 Å². The molecule has 4 heteroatoms. The van der Waals surface area contributed by atoms with Crippen molar-refractivity contribution in [2.24, 2.45) is 0 Å². The molecule has 3 nitrogen and oxygen atoms in total. The van der Waals surface area contributed by atoms with Gasteiger partial charge < -0.3 is 4.74 Å². The van der Waals surface area contributed by atoms with E-state index >= 15 is 0 Å². The molecule has 2 aromatic rings. The second kappa shape index (κ2) is 4.16. The first-order valence-corrected chi connectivity index (χ1v) is 4.55. The van der Waals surface area contributed by atoms with Crippen LogP contribution in [0.5, 0.6) is 0 Å². The average Bonchev–Trinajstić information content (AvgIpc) is 2.55. The van der Waals surface area contributed by atoms with E-state index in [1.807, 2.05) is 30.3 Å². The normalized spacial score (nSPS) is 13.2. The third-order valence-corrected chi connectivity index (χ3v) is 2.54. The van der Waals surface area contributed by atoms with Gasteiger partial charge in [-0.1, -0.05) is 30.3 Å². The minimum absolute atomic E-state index is 0.